The number of hydrogen-bond donors (Lipinski definition) is 1. The van der Waals surface area contributed by atoms with E-state index in [4.69, 9.17) is 0 Å². The molecule has 0 saturated heterocycles. The molecule has 1 nitrogen and oxygen atoms in total. The van der Waals surface area contributed by atoms with Crippen LogP contribution in [0.15, 0.2) is 18.2 Å². The molecule has 0 spiro atoms. The molecule has 0 aliphatic carbocycles. The minimum Gasteiger partial charge on any atom is -0.310 e. The summed E-state index contributed by atoms with van der Waals surface area (Å²) in [5.41, 5.74) is 4.17. The monoisotopic (exact) mass is 233 g/mol. The minimum atomic E-state index is 0.609. The Morgan fingerprint density at radius 3 is 2.41 bits per heavy atom. The summed E-state index contributed by atoms with van der Waals surface area (Å²) in [4.78, 5) is 0. The number of aryl methyl sites for hydroxylation is 2. The van der Waals surface area contributed by atoms with E-state index in [1.807, 2.05) is 0 Å². The Bertz CT molecular complexity index is 341. The van der Waals surface area contributed by atoms with Crippen LogP contribution in [0.4, 0.5) is 0 Å². The molecule has 1 aromatic carbocycles. The summed E-state index contributed by atoms with van der Waals surface area (Å²) in [7, 11) is 0. The molecule has 0 bridgehead atoms. The summed E-state index contributed by atoms with van der Waals surface area (Å²) in [5.74, 6) is 0.806. The normalized spacial score (nSPS) is 13.1. The van der Waals surface area contributed by atoms with Crippen LogP contribution in [0.5, 0.6) is 0 Å². The van der Waals surface area contributed by atoms with Crippen molar-refractivity contribution in [2.45, 2.75) is 60.0 Å². The van der Waals surface area contributed by atoms with E-state index in [1.54, 1.807) is 0 Å². The van der Waals surface area contributed by atoms with Gasteiger partial charge in [-0.2, -0.15) is 0 Å². The smallest absolute Gasteiger partial charge is 0.0210 e. The van der Waals surface area contributed by atoms with Crippen molar-refractivity contribution in [3.63, 3.8) is 0 Å². The number of hydrogen-bond acceptors (Lipinski definition) is 1. The molecule has 0 amide bonds. The highest BCUT2D eigenvalue weighted by molar-refractivity contribution is 5.30. The Kier molecular flexibility index (Phi) is 5.70. The van der Waals surface area contributed by atoms with Crippen molar-refractivity contribution < 1.29 is 0 Å². The van der Waals surface area contributed by atoms with Gasteiger partial charge in [0.25, 0.3) is 0 Å². The van der Waals surface area contributed by atoms with E-state index in [0.717, 1.165) is 12.5 Å². The predicted octanol–water partition coefficient (Wildman–Crippen LogP) is 4.22. The molecule has 1 unspecified atom stereocenters. The van der Waals surface area contributed by atoms with Crippen LogP contribution in [0.3, 0.4) is 0 Å². The Balaban J connectivity index is 2.41. The van der Waals surface area contributed by atoms with Crippen LogP contribution in [0, 0.1) is 19.8 Å². The first kappa shape index (κ1) is 14.2. The highest BCUT2D eigenvalue weighted by Crippen LogP contribution is 2.12. The van der Waals surface area contributed by atoms with Gasteiger partial charge in [0.2, 0.25) is 0 Å². The van der Waals surface area contributed by atoms with Crippen molar-refractivity contribution in [2.24, 2.45) is 5.92 Å². The zero-order chi connectivity index (χ0) is 12.8. The fourth-order valence-electron chi connectivity index (χ4n) is 1.96. The lowest BCUT2D eigenvalue weighted by atomic mass is 10.0. The molecular formula is C16H27N. The molecule has 1 rings (SSSR count). The molecule has 0 radical (unpaired) electrons. The lowest BCUT2D eigenvalue weighted by Crippen LogP contribution is -2.26. The lowest BCUT2D eigenvalue weighted by Gasteiger charge is -2.16. The third-order valence-electron chi connectivity index (χ3n) is 3.32. The number of benzene rings is 1. The maximum absolute atomic E-state index is 3.62. The molecule has 0 aromatic heterocycles. The topological polar surface area (TPSA) is 12.0 Å². The highest BCUT2D eigenvalue weighted by Gasteiger charge is 2.04. The zero-order valence-electron chi connectivity index (χ0n) is 12.0. The van der Waals surface area contributed by atoms with Gasteiger partial charge >= 0.3 is 0 Å². The summed E-state index contributed by atoms with van der Waals surface area (Å²) >= 11 is 0. The van der Waals surface area contributed by atoms with Crippen LogP contribution in [-0.4, -0.2) is 6.04 Å². The first-order chi connectivity index (χ1) is 7.99. The quantitative estimate of drug-likeness (QED) is 0.776. The fraction of sp³-hybridized carbons (Fsp3) is 0.625. The van der Waals surface area contributed by atoms with Crippen molar-refractivity contribution in [1.82, 2.24) is 5.32 Å². The SMILES string of the molecule is Cc1ccc(C)c(CNC(C)CCC(C)C)c1. The van der Waals surface area contributed by atoms with Gasteiger partial charge in [-0.25, -0.2) is 0 Å². The summed E-state index contributed by atoms with van der Waals surface area (Å²) in [5, 5.41) is 3.62. The average Bonchev–Trinajstić information content (AvgIpc) is 2.27. The maximum atomic E-state index is 3.62. The van der Waals surface area contributed by atoms with Gasteiger partial charge in [0, 0.05) is 12.6 Å². The molecule has 0 fully saturated rings. The average molecular weight is 233 g/mol. The molecule has 17 heavy (non-hydrogen) atoms. The largest absolute Gasteiger partial charge is 0.310 e. The fourth-order valence-corrected chi connectivity index (χ4v) is 1.96. The summed E-state index contributed by atoms with van der Waals surface area (Å²) < 4.78 is 0. The van der Waals surface area contributed by atoms with Gasteiger partial charge < -0.3 is 5.32 Å². The van der Waals surface area contributed by atoms with Gasteiger partial charge in [0.1, 0.15) is 0 Å². The van der Waals surface area contributed by atoms with Crippen LogP contribution in [-0.2, 0) is 6.54 Å². The van der Waals surface area contributed by atoms with Crippen LogP contribution < -0.4 is 5.32 Å². The van der Waals surface area contributed by atoms with Crippen LogP contribution in [0.2, 0.25) is 0 Å². The molecule has 1 heteroatoms. The zero-order valence-corrected chi connectivity index (χ0v) is 12.0. The van der Waals surface area contributed by atoms with E-state index in [-0.39, 0.29) is 0 Å². The van der Waals surface area contributed by atoms with Gasteiger partial charge in [-0.3, -0.25) is 0 Å². The first-order valence-electron chi connectivity index (χ1n) is 6.78. The molecular weight excluding hydrogens is 206 g/mol. The molecule has 96 valence electrons. The van der Waals surface area contributed by atoms with E-state index >= 15 is 0 Å². The molecule has 0 aliphatic rings. The van der Waals surface area contributed by atoms with Crippen molar-refractivity contribution in [1.29, 1.82) is 0 Å². The summed E-state index contributed by atoms with van der Waals surface area (Å²) in [6.07, 6.45) is 2.57. The second-order valence-electron chi connectivity index (χ2n) is 5.68. The van der Waals surface area contributed by atoms with Gasteiger partial charge in [0.15, 0.2) is 0 Å². The Hall–Kier alpha value is -0.820. The van der Waals surface area contributed by atoms with E-state index in [9.17, 15) is 0 Å². The standard InChI is InChI=1S/C16H27N/c1-12(2)6-9-15(5)17-11-16-10-13(3)7-8-14(16)4/h7-8,10,12,15,17H,6,9,11H2,1-5H3. The van der Waals surface area contributed by atoms with E-state index in [0.29, 0.717) is 6.04 Å². The second kappa shape index (κ2) is 6.80. The summed E-state index contributed by atoms with van der Waals surface area (Å²) in [6.45, 7) is 12.2. The van der Waals surface area contributed by atoms with Crippen LogP contribution in [0.25, 0.3) is 0 Å². The van der Waals surface area contributed by atoms with E-state index in [2.05, 4.69) is 58.1 Å². The predicted molar refractivity (Wildman–Crippen MR) is 76.3 cm³/mol. The van der Waals surface area contributed by atoms with Gasteiger partial charge in [-0.15, -0.1) is 0 Å². The van der Waals surface area contributed by atoms with E-state index < -0.39 is 0 Å². The molecule has 0 saturated carbocycles. The van der Waals surface area contributed by atoms with E-state index in [1.165, 1.54) is 29.5 Å². The van der Waals surface area contributed by atoms with Gasteiger partial charge in [0.05, 0.1) is 0 Å². The number of nitrogens with one attached hydrogen (secondary N) is 1. The minimum absolute atomic E-state index is 0.609. The molecule has 0 heterocycles. The first-order valence-corrected chi connectivity index (χ1v) is 6.78. The summed E-state index contributed by atoms with van der Waals surface area (Å²) in [6, 6.07) is 7.29. The molecule has 1 aromatic rings. The van der Waals surface area contributed by atoms with Crippen LogP contribution >= 0.6 is 0 Å². The Labute approximate surface area is 107 Å². The molecule has 0 aliphatic heterocycles. The Morgan fingerprint density at radius 1 is 1.06 bits per heavy atom. The Morgan fingerprint density at radius 2 is 1.76 bits per heavy atom. The third-order valence-corrected chi connectivity index (χ3v) is 3.32. The molecule has 1 N–H and O–H groups in total. The maximum Gasteiger partial charge on any atom is 0.0210 e. The van der Waals surface area contributed by atoms with Crippen molar-refractivity contribution in [2.75, 3.05) is 0 Å². The van der Waals surface area contributed by atoms with Crippen molar-refractivity contribution in [3.05, 3.63) is 34.9 Å². The lowest BCUT2D eigenvalue weighted by molar-refractivity contribution is 0.450. The van der Waals surface area contributed by atoms with Gasteiger partial charge in [-0.1, -0.05) is 37.6 Å². The van der Waals surface area contributed by atoms with Crippen molar-refractivity contribution in [3.8, 4) is 0 Å². The van der Waals surface area contributed by atoms with Crippen LogP contribution in [0.1, 0.15) is 50.3 Å². The van der Waals surface area contributed by atoms with Gasteiger partial charge in [-0.05, 0) is 50.7 Å². The highest BCUT2D eigenvalue weighted by atomic mass is 14.9. The third kappa shape index (κ3) is 5.36. The number of rotatable bonds is 6. The van der Waals surface area contributed by atoms with Crippen molar-refractivity contribution >= 4 is 0 Å². The second-order valence-corrected chi connectivity index (χ2v) is 5.68. The molecule has 1 atom stereocenters.